The van der Waals surface area contributed by atoms with Gasteiger partial charge in [0.05, 0.1) is 12.0 Å². The predicted molar refractivity (Wildman–Crippen MR) is 67.2 cm³/mol. The molecule has 0 aliphatic heterocycles. The van der Waals surface area contributed by atoms with E-state index in [1.165, 1.54) is 0 Å². The summed E-state index contributed by atoms with van der Waals surface area (Å²) in [6.45, 7) is 4.41. The maximum absolute atomic E-state index is 11.6. The van der Waals surface area contributed by atoms with Crippen molar-refractivity contribution < 1.29 is 19.4 Å². The molecule has 1 amide bonds. The van der Waals surface area contributed by atoms with Crippen LogP contribution in [0.5, 0.6) is 0 Å². The zero-order valence-corrected chi connectivity index (χ0v) is 11.1. The molecule has 0 bridgehead atoms. The zero-order chi connectivity index (χ0) is 13.5. The molecular weight excluding hydrogens is 234 g/mol. The van der Waals surface area contributed by atoms with E-state index in [1.54, 1.807) is 6.92 Å². The molecular formula is C13H23NO4. The first kappa shape index (κ1) is 15.0. The Labute approximate surface area is 108 Å². The fraction of sp³-hybridized carbons (Fsp3) is 0.846. The standard InChI is InChI=1S/C13H23NO4/c1-3-8-14-12(15)9(2)18-11-6-4-10(5-7-11)13(16)17/h9-11H,3-8H2,1-2H3,(H,14,15)(H,16,17). The van der Waals surface area contributed by atoms with Crippen molar-refractivity contribution in [1.82, 2.24) is 5.32 Å². The van der Waals surface area contributed by atoms with Crippen molar-refractivity contribution in [3.63, 3.8) is 0 Å². The van der Waals surface area contributed by atoms with Gasteiger partial charge in [-0.05, 0) is 39.0 Å². The first-order chi connectivity index (χ1) is 8.54. The molecule has 104 valence electrons. The predicted octanol–water partition coefficient (Wildman–Crippen LogP) is 1.56. The number of carboxylic acid groups (broad SMARTS) is 1. The lowest BCUT2D eigenvalue weighted by atomic mass is 9.87. The Morgan fingerprint density at radius 2 is 1.94 bits per heavy atom. The fourth-order valence-electron chi connectivity index (χ4n) is 2.19. The summed E-state index contributed by atoms with van der Waals surface area (Å²) in [5.41, 5.74) is 0. The summed E-state index contributed by atoms with van der Waals surface area (Å²) >= 11 is 0. The molecule has 5 nitrogen and oxygen atoms in total. The molecule has 0 aromatic heterocycles. The molecule has 1 saturated carbocycles. The highest BCUT2D eigenvalue weighted by atomic mass is 16.5. The van der Waals surface area contributed by atoms with Crippen molar-refractivity contribution in [3.8, 4) is 0 Å². The van der Waals surface area contributed by atoms with Crippen molar-refractivity contribution in [2.75, 3.05) is 6.54 Å². The van der Waals surface area contributed by atoms with Gasteiger partial charge in [0, 0.05) is 6.54 Å². The van der Waals surface area contributed by atoms with Crippen LogP contribution in [0.2, 0.25) is 0 Å². The first-order valence-electron chi connectivity index (χ1n) is 6.70. The number of amides is 1. The fourth-order valence-corrected chi connectivity index (χ4v) is 2.19. The molecule has 0 spiro atoms. The van der Waals surface area contributed by atoms with Crippen molar-refractivity contribution in [1.29, 1.82) is 0 Å². The van der Waals surface area contributed by atoms with Gasteiger partial charge in [-0.3, -0.25) is 9.59 Å². The normalized spacial score (nSPS) is 25.4. The number of aliphatic carboxylic acids is 1. The van der Waals surface area contributed by atoms with Gasteiger partial charge in [-0.15, -0.1) is 0 Å². The maximum atomic E-state index is 11.6. The average Bonchev–Trinajstić information content (AvgIpc) is 2.36. The number of nitrogens with one attached hydrogen (secondary N) is 1. The van der Waals surface area contributed by atoms with Crippen molar-refractivity contribution in [2.45, 2.75) is 58.2 Å². The molecule has 1 rings (SSSR count). The number of carbonyl (C=O) groups excluding carboxylic acids is 1. The molecule has 1 aliphatic carbocycles. The molecule has 0 heterocycles. The summed E-state index contributed by atoms with van der Waals surface area (Å²) in [4.78, 5) is 22.4. The highest BCUT2D eigenvalue weighted by Gasteiger charge is 2.28. The molecule has 1 fully saturated rings. The Morgan fingerprint density at radius 1 is 1.33 bits per heavy atom. The summed E-state index contributed by atoms with van der Waals surface area (Å²) in [5.74, 6) is -1.05. The average molecular weight is 257 g/mol. The number of rotatable bonds is 6. The van der Waals surface area contributed by atoms with Gasteiger partial charge in [-0.1, -0.05) is 6.92 Å². The van der Waals surface area contributed by atoms with E-state index in [1.807, 2.05) is 6.92 Å². The van der Waals surface area contributed by atoms with E-state index >= 15 is 0 Å². The summed E-state index contributed by atoms with van der Waals surface area (Å²) in [5, 5.41) is 11.7. The molecule has 18 heavy (non-hydrogen) atoms. The summed E-state index contributed by atoms with van der Waals surface area (Å²) in [7, 11) is 0. The van der Waals surface area contributed by atoms with Gasteiger partial charge in [0.15, 0.2) is 0 Å². The van der Waals surface area contributed by atoms with Gasteiger partial charge in [-0.25, -0.2) is 0 Å². The molecule has 1 unspecified atom stereocenters. The smallest absolute Gasteiger partial charge is 0.306 e. The molecule has 0 saturated heterocycles. The monoisotopic (exact) mass is 257 g/mol. The minimum atomic E-state index is -0.720. The van der Waals surface area contributed by atoms with Crippen LogP contribution in [0.1, 0.15) is 46.0 Å². The third-order valence-corrected chi connectivity index (χ3v) is 3.34. The number of hydrogen-bond donors (Lipinski definition) is 2. The lowest BCUT2D eigenvalue weighted by Crippen LogP contribution is -2.38. The summed E-state index contributed by atoms with van der Waals surface area (Å²) < 4.78 is 5.67. The van der Waals surface area contributed by atoms with Crippen LogP contribution in [-0.4, -0.2) is 35.7 Å². The van der Waals surface area contributed by atoms with E-state index in [4.69, 9.17) is 9.84 Å². The summed E-state index contributed by atoms with van der Waals surface area (Å²) in [6, 6.07) is 0. The number of carbonyl (C=O) groups is 2. The summed E-state index contributed by atoms with van der Waals surface area (Å²) in [6.07, 6.45) is 3.20. The van der Waals surface area contributed by atoms with Crippen LogP contribution in [0.3, 0.4) is 0 Å². The third-order valence-electron chi connectivity index (χ3n) is 3.34. The van der Waals surface area contributed by atoms with Crippen LogP contribution in [0, 0.1) is 5.92 Å². The Hall–Kier alpha value is -1.10. The van der Waals surface area contributed by atoms with Crippen LogP contribution < -0.4 is 5.32 Å². The largest absolute Gasteiger partial charge is 0.481 e. The van der Waals surface area contributed by atoms with E-state index in [9.17, 15) is 9.59 Å². The van der Waals surface area contributed by atoms with Crippen molar-refractivity contribution in [3.05, 3.63) is 0 Å². The van der Waals surface area contributed by atoms with Gasteiger partial charge in [0.25, 0.3) is 0 Å². The first-order valence-corrected chi connectivity index (χ1v) is 6.70. The minimum absolute atomic E-state index is 0.0166. The van der Waals surface area contributed by atoms with E-state index in [-0.39, 0.29) is 17.9 Å². The van der Waals surface area contributed by atoms with Gasteiger partial charge in [0.1, 0.15) is 6.10 Å². The molecule has 0 aromatic rings. The molecule has 1 aliphatic rings. The van der Waals surface area contributed by atoms with Crippen LogP contribution in [0.15, 0.2) is 0 Å². The quantitative estimate of drug-likeness (QED) is 0.757. The molecule has 0 radical (unpaired) electrons. The topological polar surface area (TPSA) is 75.6 Å². The SMILES string of the molecule is CCCNC(=O)C(C)OC1CCC(C(=O)O)CC1. The minimum Gasteiger partial charge on any atom is -0.481 e. The second-order valence-corrected chi connectivity index (χ2v) is 4.88. The Morgan fingerprint density at radius 3 is 2.44 bits per heavy atom. The zero-order valence-electron chi connectivity index (χ0n) is 11.1. The van der Waals surface area contributed by atoms with Gasteiger partial charge < -0.3 is 15.2 Å². The highest BCUT2D eigenvalue weighted by Crippen LogP contribution is 2.27. The van der Waals surface area contributed by atoms with Crippen LogP contribution in [0.4, 0.5) is 0 Å². The van der Waals surface area contributed by atoms with E-state index in [0.29, 0.717) is 19.4 Å². The Bertz CT molecular complexity index is 285. The van der Waals surface area contributed by atoms with Gasteiger partial charge in [0.2, 0.25) is 5.91 Å². The van der Waals surface area contributed by atoms with Crippen LogP contribution in [0.25, 0.3) is 0 Å². The molecule has 1 atom stereocenters. The van der Waals surface area contributed by atoms with Crippen molar-refractivity contribution in [2.24, 2.45) is 5.92 Å². The van der Waals surface area contributed by atoms with E-state index < -0.39 is 12.1 Å². The van der Waals surface area contributed by atoms with Gasteiger partial charge in [-0.2, -0.15) is 0 Å². The van der Waals surface area contributed by atoms with E-state index in [0.717, 1.165) is 19.3 Å². The second-order valence-electron chi connectivity index (χ2n) is 4.88. The molecule has 2 N–H and O–H groups in total. The number of hydrogen-bond acceptors (Lipinski definition) is 3. The molecule has 0 aromatic carbocycles. The third kappa shape index (κ3) is 4.64. The number of ether oxygens (including phenoxy) is 1. The lowest BCUT2D eigenvalue weighted by molar-refractivity contribution is -0.146. The van der Waals surface area contributed by atoms with E-state index in [2.05, 4.69) is 5.32 Å². The van der Waals surface area contributed by atoms with Crippen LogP contribution in [-0.2, 0) is 14.3 Å². The maximum Gasteiger partial charge on any atom is 0.306 e. The Kier molecular flexibility index (Phi) is 6.12. The van der Waals surface area contributed by atoms with Crippen LogP contribution >= 0.6 is 0 Å². The van der Waals surface area contributed by atoms with Crippen molar-refractivity contribution >= 4 is 11.9 Å². The Balaban J connectivity index is 2.27. The second kappa shape index (κ2) is 7.36. The number of carboxylic acids is 1. The molecule has 5 heteroatoms. The van der Waals surface area contributed by atoms with Gasteiger partial charge >= 0.3 is 5.97 Å². The highest BCUT2D eigenvalue weighted by molar-refractivity contribution is 5.80. The lowest BCUT2D eigenvalue weighted by Gasteiger charge is -2.28.